The summed E-state index contributed by atoms with van der Waals surface area (Å²) in [6, 6.07) is 6.93. The van der Waals surface area contributed by atoms with Crippen LogP contribution < -0.4 is 16.4 Å². The van der Waals surface area contributed by atoms with Crippen LogP contribution in [0.15, 0.2) is 24.3 Å². The predicted molar refractivity (Wildman–Crippen MR) is 60.6 cm³/mol. The molecule has 4 nitrogen and oxygen atoms in total. The Morgan fingerprint density at radius 3 is 2.47 bits per heavy atom. The van der Waals surface area contributed by atoms with Crippen molar-refractivity contribution in [2.45, 2.75) is 25.3 Å². The fourth-order valence-corrected chi connectivity index (χ4v) is 1.32. The van der Waals surface area contributed by atoms with Gasteiger partial charge in [0.1, 0.15) is 0 Å². The fourth-order valence-electron chi connectivity index (χ4n) is 1.32. The molecule has 0 spiro atoms. The van der Waals surface area contributed by atoms with Crippen LogP contribution in [0.2, 0.25) is 0 Å². The third-order valence-corrected chi connectivity index (χ3v) is 2.58. The number of anilines is 2. The van der Waals surface area contributed by atoms with Crippen LogP contribution >= 0.6 is 0 Å². The standard InChI is InChI=1S/C11H15N3O/c1-11(6-7-11)14-10(15)13-9-4-2-8(12)3-5-9/h2-5H,6-7,12H2,1H3,(H2,13,14,15). The number of nitrogens with two attached hydrogens (primary N) is 1. The second-order valence-corrected chi connectivity index (χ2v) is 4.26. The number of urea groups is 1. The van der Waals surface area contributed by atoms with Crippen molar-refractivity contribution in [3.8, 4) is 0 Å². The quantitative estimate of drug-likeness (QED) is 0.646. The number of benzene rings is 1. The highest BCUT2D eigenvalue weighted by Crippen LogP contribution is 2.34. The molecule has 0 bridgehead atoms. The summed E-state index contributed by atoms with van der Waals surface area (Å²) in [6.45, 7) is 2.04. The number of amides is 2. The molecule has 2 amide bonds. The van der Waals surface area contributed by atoms with Crippen molar-refractivity contribution in [3.05, 3.63) is 24.3 Å². The summed E-state index contributed by atoms with van der Waals surface area (Å²) in [6.07, 6.45) is 2.12. The average molecular weight is 205 g/mol. The van der Waals surface area contributed by atoms with Crippen molar-refractivity contribution < 1.29 is 4.79 Å². The number of hydrogen-bond acceptors (Lipinski definition) is 2. The summed E-state index contributed by atoms with van der Waals surface area (Å²) >= 11 is 0. The third-order valence-electron chi connectivity index (χ3n) is 2.58. The maximum atomic E-state index is 11.5. The summed E-state index contributed by atoms with van der Waals surface area (Å²) in [5, 5.41) is 5.67. The number of nitrogen functional groups attached to an aromatic ring is 1. The first-order valence-electron chi connectivity index (χ1n) is 5.02. The molecule has 80 valence electrons. The van der Waals surface area contributed by atoms with Gasteiger partial charge in [-0.15, -0.1) is 0 Å². The Labute approximate surface area is 88.9 Å². The molecule has 2 rings (SSSR count). The van der Waals surface area contributed by atoms with E-state index in [0.29, 0.717) is 5.69 Å². The minimum absolute atomic E-state index is 0.0118. The molecule has 0 radical (unpaired) electrons. The zero-order chi connectivity index (χ0) is 10.9. The Kier molecular flexibility index (Phi) is 2.26. The van der Waals surface area contributed by atoms with E-state index < -0.39 is 0 Å². The van der Waals surface area contributed by atoms with E-state index >= 15 is 0 Å². The third kappa shape index (κ3) is 2.62. The number of rotatable bonds is 2. The lowest BCUT2D eigenvalue weighted by molar-refractivity contribution is 0.248. The van der Waals surface area contributed by atoms with Crippen molar-refractivity contribution in [3.63, 3.8) is 0 Å². The number of hydrogen-bond donors (Lipinski definition) is 3. The summed E-state index contributed by atoms with van der Waals surface area (Å²) in [5.41, 5.74) is 7.00. The van der Waals surface area contributed by atoms with E-state index in [0.717, 1.165) is 18.5 Å². The van der Waals surface area contributed by atoms with Crippen LogP contribution in [-0.2, 0) is 0 Å². The Bertz CT molecular complexity index is 368. The monoisotopic (exact) mass is 205 g/mol. The van der Waals surface area contributed by atoms with Crippen LogP contribution in [-0.4, -0.2) is 11.6 Å². The summed E-state index contributed by atoms with van der Waals surface area (Å²) in [4.78, 5) is 11.5. The largest absolute Gasteiger partial charge is 0.399 e. The van der Waals surface area contributed by atoms with E-state index in [2.05, 4.69) is 10.6 Å². The molecule has 0 atom stereocenters. The van der Waals surface area contributed by atoms with Crippen molar-refractivity contribution in [2.24, 2.45) is 0 Å². The fraction of sp³-hybridized carbons (Fsp3) is 0.364. The highest BCUT2D eigenvalue weighted by atomic mass is 16.2. The predicted octanol–water partition coefficient (Wildman–Crippen LogP) is 1.94. The highest BCUT2D eigenvalue weighted by molar-refractivity contribution is 5.90. The van der Waals surface area contributed by atoms with Crippen molar-refractivity contribution in [1.29, 1.82) is 0 Å². The van der Waals surface area contributed by atoms with Gasteiger partial charge in [-0.2, -0.15) is 0 Å². The molecule has 1 aromatic carbocycles. The molecule has 15 heavy (non-hydrogen) atoms. The van der Waals surface area contributed by atoms with Crippen molar-refractivity contribution >= 4 is 17.4 Å². The number of nitrogens with one attached hydrogen (secondary N) is 2. The van der Waals surface area contributed by atoms with E-state index in [1.807, 2.05) is 6.92 Å². The molecule has 0 aliphatic heterocycles. The minimum Gasteiger partial charge on any atom is -0.399 e. The lowest BCUT2D eigenvalue weighted by Gasteiger charge is -2.12. The maximum Gasteiger partial charge on any atom is 0.319 e. The first kappa shape index (κ1) is 9.83. The molecule has 1 aliphatic carbocycles. The Balaban J connectivity index is 1.91. The highest BCUT2D eigenvalue weighted by Gasteiger charge is 2.38. The van der Waals surface area contributed by atoms with E-state index in [-0.39, 0.29) is 11.6 Å². The van der Waals surface area contributed by atoms with Gasteiger partial charge in [0.05, 0.1) is 0 Å². The Morgan fingerprint density at radius 1 is 1.33 bits per heavy atom. The van der Waals surface area contributed by atoms with E-state index in [9.17, 15) is 4.79 Å². The van der Waals surface area contributed by atoms with Crippen LogP contribution in [0.1, 0.15) is 19.8 Å². The lowest BCUT2D eigenvalue weighted by Crippen LogP contribution is -2.37. The van der Waals surface area contributed by atoms with Gasteiger partial charge in [-0.05, 0) is 44.0 Å². The molecular formula is C11H15N3O. The van der Waals surface area contributed by atoms with Crippen LogP contribution in [0.25, 0.3) is 0 Å². The zero-order valence-corrected chi connectivity index (χ0v) is 8.71. The normalized spacial score (nSPS) is 16.9. The van der Waals surface area contributed by atoms with Crippen molar-refractivity contribution in [1.82, 2.24) is 5.32 Å². The molecule has 0 aromatic heterocycles. The van der Waals surface area contributed by atoms with Gasteiger partial charge in [-0.3, -0.25) is 0 Å². The van der Waals surface area contributed by atoms with Gasteiger partial charge < -0.3 is 16.4 Å². The van der Waals surface area contributed by atoms with Gasteiger partial charge >= 0.3 is 6.03 Å². The van der Waals surface area contributed by atoms with E-state index in [4.69, 9.17) is 5.73 Å². The second kappa shape index (κ2) is 3.46. The molecule has 1 fully saturated rings. The number of carbonyl (C=O) groups excluding carboxylic acids is 1. The molecule has 1 aromatic rings. The minimum atomic E-state index is -0.153. The molecule has 0 heterocycles. The van der Waals surface area contributed by atoms with E-state index in [1.165, 1.54) is 0 Å². The molecule has 1 saturated carbocycles. The van der Waals surface area contributed by atoms with Gasteiger partial charge in [0.15, 0.2) is 0 Å². The zero-order valence-electron chi connectivity index (χ0n) is 8.71. The second-order valence-electron chi connectivity index (χ2n) is 4.26. The van der Waals surface area contributed by atoms with Gasteiger partial charge in [0.2, 0.25) is 0 Å². The average Bonchev–Trinajstić information content (AvgIpc) is 2.87. The van der Waals surface area contributed by atoms with Crippen LogP contribution in [0.5, 0.6) is 0 Å². The number of carbonyl (C=O) groups is 1. The Hall–Kier alpha value is -1.71. The van der Waals surface area contributed by atoms with E-state index in [1.54, 1.807) is 24.3 Å². The van der Waals surface area contributed by atoms with Gasteiger partial charge in [0.25, 0.3) is 0 Å². The first-order valence-corrected chi connectivity index (χ1v) is 5.02. The maximum absolute atomic E-state index is 11.5. The molecule has 0 unspecified atom stereocenters. The molecule has 4 heteroatoms. The SMILES string of the molecule is CC1(NC(=O)Nc2ccc(N)cc2)CC1. The lowest BCUT2D eigenvalue weighted by atomic mass is 10.3. The van der Waals surface area contributed by atoms with Crippen LogP contribution in [0.3, 0.4) is 0 Å². The molecule has 0 saturated heterocycles. The molecule has 1 aliphatic rings. The smallest absolute Gasteiger partial charge is 0.319 e. The van der Waals surface area contributed by atoms with Gasteiger partial charge in [-0.25, -0.2) is 4.79 Å². The topological polar surface area (TPSA) is 67.2 Å². The van der Waals surface area contributed by atoms with Crippen LogP contribution in [0, 0.1) is 0 Å². The van der Waals surface area contributed by atoms with Crippen LogP contribution in [0.4, 0.5) is 16.2 Å². The van der Waals surface area contributed by atoms with Gasteiger partial charge in [0, 0.05) is 16.9 Å². The first-order chi connectivity index (χ1) is 7.07. The van der Waals surface area contributed by atoms with Crippen molar-refractivity contribution in [2.75, 3.05) is 11.1 Å². The Morgan fingerprint density at radius 2 is 1.93 bits per heavy atom. The summed E-state index contributed by atoms with van der Waals surface area (Å²) in [7, 11) is 0. The van der Waals surface area contributed by atoms with Gasteiger partial charge in [-0.1, -0.05) is 0 Å². The molecule has 4 N–H and O–H groups in total. The summed E-state index contributed by atoms with van der Waals surface area (Å²) < 4.78 is 0. The summed E-state index contributed by atoms with van der Waals surface area (Å²) in [5.74, 6) is 0. The molecular weight excluding hydrogens is 190 g/mol.